The second-order valence-corrected chi connectivity index (χ2v) is 5.67. The van der Waals surface area contributed by atoms with E-state index in [1.165, 1.54) is 12.1 Å². The van der Waals surface area contributed by atoms with E-state index < -0.39 is 0 Å². The number of ether oxygens (including phenoxy) is 3. The van der Waals surface area contributed by atoms with Crippen LogP contribution < -0.4 is 14.8 Å². The molecular formula is C19H22FNO3S. The number of rotatable bonds is 9. The third kappa shape index (κ3) is 5.99. The highest BCUT2D eigenvalue weighted by Crippen LogP contribution is 2.29. The summed E-state index contributed by atoms with van der Waals surface area (Å²) in [4.78, 5) is 0.628. The smallest absolute Gasteiger partial charge is 0.161 e. The van der Waals surface area contributed by atoms with Gasteiger partial charge >= 0.3 is 0 Å². The van der Waals surface area contributed by atoms with Crippen LogP contribution in [0.5, 0.6) is 11.5 Å². The van der Waals surface area contributed by atoms with Crippen molar-refractivity contribution >= 4 is 17.2 Å². The van der Waals surface area contributed by atoms with Crippen LogP contribution in [-0.2, 0) is 11.3 Å². The molecule has 0 unspecified atom stereocenters. The lowest BCUT2D eigenvalue weighted by Crippen LogP contribution is -2.26. The Morgan fingerprint density at radius 3 is 2.52 bits per heavy atom. The number of hydrogen-bond donors (Lipinski definition) is 1. The van der Waals surface area contributed by atoms with Gasteiger partial charge in [0, 0.05) is 19.2 Å². The zero-order valence-electron chi connectivity index (χ0n) is 14.4. The monoisotopic (exact) mass is 363 g/mol. The third-order valence-corrected chi connectivity index (χ3v) is 3.79. The zero-order valence-corrected chi connectivity index (χ0v) is 15.2. The third-order valence-electron chi connectivity index (χ3n) is 3.41. The lowest BCUT2D eigenvalue weighted by Gasteiger charge is -2.14. The Kier molecular flexibility index (Phi) is 7.63. The van der Waals surface area contributed by atoms with E-state index in [4.69, 9.17) is 26.4 Å². The fourth-order valence-electron chi connectivity index (χ4n) is 2.15. The van der Waals surface area contributed by atoms with Gasteiger partial charge in [0.15, 0.2) is 11.5 Å². The summed E-state index contributed by atoms with van der Waals surface area (Å²) < 4.78 is 29.4. The minimum absolute atomic E-state index is 0.266. The fourth-order valence-corrected chi connectivity index (χ4v) is 2.38. The molecule has 0 amide bonds. The van der Waals surface area contributed by atoms with E-state index in [1.54, 1.807) is 19.2 Å². The summed E-state index contributed by atoms with van der Waals surface area (Å²) in [7, 11) is 1.64. The van der Waals surface area contributed by atoms with Crippen molar-refractivity contribution in [1.29, 1.82) is 0 Å². The summed E-state index contributed by atoms with van der Waals surface area (Å²) >= 11 is 5.38. The number of nitrogens with one attached hydrogen (secondary N) is 1. The lowest BCUT2D eigenvalue weighted by atomic mass is 10.2. The van der Waals surface area contributed by atoms with Gasteiger partial charge in [0.25, 0.3) is 0 Å². The lowest BCUT2D eigenvalue weighted by molar-refractivity contribution is 0.204. The molecule has 0 saturated heterocycles. The fraction of sp³-hybridized carbons (Fsp3) is 0.316. The number of benzene rings is 2. The molecule has 25 heavy (non-hydrogen) atoms. The van der Waals surface area contributed by atoms with Crippen LogP contribution >= 0.6 is 12.2 Å². The van der Waals surface area contributed by atoms with Gasteiger partial charge in [-0.05, 0) is 42.8 Å². The summed E-state index contributed by atoms with van der Waals surface area (Å²) in [6.07, 6.45) is 0. The molecule has 0 aromatic heterocycles. The predicted molar refractivity (Wildman–Crippen MR) is 99.9 cm³/mol. The average molecular weight is 363 g/mol. The molecule has 0 spiro atoms. The van der Waals surface area contributed by atoms with Crippen molar-refractivity contribution in [2.45, 2.75) is 13.5 Å². The van der Waals surface area contributed by atoms with Crippen molar-refractivity contribution in [3.8, 4) is 11.5 Å². The molecule has 0 aliphatic carbocycles. The highest BCUT2D eigenvalue weighted by Gasteiger charge is 2.10. The highest BCUT2D eigenvalue weighted by atomic mass is 32.1. The van der Waals surface area contributed by atoms with Crippen molar-refractivity contribution in [3.05, 3.63) is 59.4 Å². The Bertz CT molecular complexity index is 692. The van der Waals surface area contributed by atoms with Gasteiger partial charge in [0.1, 0.15) is 17.4 Å². The summed E-state index contributed by atoms with van der Waals surface area (Å²) in [6, 6.07) is 11.8. The van der Waals surface area contributed by atoms with Gasteiger partial charge in [-0.15, -0.1) is 0 Å². The molecule has 134 valence electrons. The van der Waals surface area contributed by atoms with Gasteiger partial charge in [-0.25, -0.2) is 4.39 Å². The van der Waals surface area contributed by atoms with Crippen molar-refractivity contribution in [3.63, 3.8) is 0 Å². The molecule has 6 heteroatoms. The first-order chi connectivity index (χ1) is 12.1. The quantitative estimate of drug-likeness (QED) is 0.543. The number of hydrogen-bond acceptors (Lipinski definition) is 4. The highest BCUT2D eigenvalue weighted by molar-refractivity contribution is 7.80. The van der Waals surface area contributed by atoms with Crippen LogP contribution in [0.1, 0.15) is 18.1 Å². The SMILES string of the molecule is CCOc1cc(C(=S)NCCOC)ccc1OCc1ccc(F)cc1. The van der Waals surface area contributed by atoms with E-state index in [2.05, 4.69) is 5.32 Å². The van der Waals surface area contributed by atoms with E-state index in [9.17, 15) is 4.39 Å². The molecule has 2 aromatic rings. The molecule has 0 saturated carbocycles. The first-order valence-corrected chi connectivity index (χ1v) is 8.46. The standard InChI is InChI=1S/C19H22FNO3S/c1-3-23-18-12-15(19(25)21-10-11-22-2)6-9-17(18)24-13-14-4-7-16(20)8-5-14/h4-9,12H,3,10-11,13H2,1-2H3,(H,21,25). The topological polar surface area (TPSA) is 39.7 Å². The van der Waals surface area contributed by atoms with Gasteiger partial charge in [0.2, 0.25) is 0 Å². The van der Waals surface area contributed by atoms with Crippen molar-refractivity contribution in [2.24, 2.45) is 0 Å². The van der Waals surface area contributed by atoms with Crippen LogP contribution in [0.2, 0.25) is 0 Å². The average Bonchev–Trinajstić information content (AvgIpc) is 2.62. The Balaban J connectivity index is 2.06. The van der Waals surface area contributed by atoms with Crippen molar-refractivity contribution < 1.29 is 18.6 Å². The molecule has 2 aromatic carbocycles. The molecule has 0 fully saturated rings. The minimum Gasteiger partial charge on any atom is -0.490 e. The van der Waals surface area contributed by atoms with Gasteiger partial charge < -0.3 is 19.5 Å². The van der Waals surface area contributed by atoms with Crippen LogP contribution in [0.3, 0.4) is 0 Å². The van der Waals surface area contributed by atoms with E-state index in [0.29, 0.717) is 42.9 Å². The number of thiocarbonyl (C=S) groups is 1. The van der Waals surface area contributed by atoms with Gasteiger partial charge in [0.05, 0.1) is 13.2 Å². The summed E-state index contributed by atoms with van der Waals surface area (Å²) in [5.74, 6) is 0.977. The van der Waals surface area contributed by atoms with Crippen LogP contribution in [0.25, 0.3) is 0 Å². The maximum atomic E-state index is 13.0. The molecule has 0 bridgehead atoms. The normalized spacial score (nSPS) is 10.4. The van der Waals surface area contributed by atoms with E-state index in [0.717, 1.165) is 11.1 Å². The minimum atomic E-state index is -0.266. The first-order valence-electron chi connectivity index (χ1n) is 8.05. The van der Waals surface area contributed by atoms with Gasteiger partial charge in [-0.2, -0.15) is 0 Å². The summed E-state index contributed by atoms with van der Waals surface area (Å²) in [5, 5.41) is 3.13. The second kappa shape index (κ2) is 9.96. The Hall–Kier alpha value is -2.18. The number of methoxy groups -OCH3 is 1. The predicted octanol–water partition coefficient (Wildman–Crippen LogP) is 3.71. The molecule has 0 aliphatic rings. The van der Waals surface area contributed by atoms with Crippen LogP contribution in [0.4, 0.5) is 4.39 Å². The van der Waals surface area contributed by atoms with E-state index >= 15 is 0 Å². The molecule has 2 rings (SSSR count). The largest absolute Gasteiger partial charge is 0.490 e. The Morgan fingerprint density at radius 2 is 1.84 bits per heavy atom. The summed E-state index contributed by atoms with van der Waals surface area (Å²) in [5.41, 5.74) is 1.73. The van der Waals surface area contributed by atoms with Crippen LogP contribution in [-0.4, -0.2) is 31.9 Å². The maximum absolute atomic E-state index is 13.0. The summed E-state index contributed by atoms with van der Waals surface area (Å²) in [6.45, 7) is 3.97. The molecule has 4 nitrogen and oxygen atoms in total. The van der Waals surface area contributed by atoms with Crippen molar-refractivity contribution in [2.75, 3.05) is 26.9 Å². The Morgan fingerprint density at radius 1 is 1.08 bits per heavy atom. The first kappa shape index (κ1) is 19.1. The second-order valence-electron chi connectivity index (χ2n) is 5.26. The zero-order chi connectivity index (χ0) is 18.1. The van der Waals surface area contributed by atoms with E-state index in [-0.39, 0.29) is 5.82 Å². The molecule has 0 atom stereocenters. The van der Waals surface area contributed by atoms with E-state index in [1.807, 2.05) is 25.1 Å². The molecule has 0 heterocycles. The van der Waals surface area contributed by atoms with Crippen LogP contribution in [0, 0.1) is 5.82 Å². The van der Waals surface area contributed by atoms with Gasteiger partial charge in [-0.3, -0.25) is 0 Å². The molecular weight excluding hydrogens is 341 g/mol. The molecule has 1 N–H and O–H groups in total. The van der Waals surface area contributed by atoms with Crippen molar-refractivity contribution in [1.82, 2.24) is 5.32 Å². The molecule has 0 aliphatic heterocycles. The molecule has 0 radical (unpaired) electrons. The number of halogens is 1. The van der Waals surface area contributed by atoms with Gasteiger partial charge in [-0.1, -0.05) is 24.4 Å². The Labute approximate surface area is 152 Å². The van der Waals surface area contributed by atoms with Crippen LogP contribution in [0.15, 0.2) is 42.5 Å². The maximum Gasteiger partial charge on any atom is 0.161 e.